The van der Waals surface area contributed by atoms with Crippen LogP contribution in [0.15, 0.2) is 36.4 Å². The van der Waals surface area contributed by atoms with E-state index in [0.29, 0.717) is 6.04 Å². The fourth-order valence-electron chi connectivity index (χ4n) is 2.89. The van der Waals surface area contributed by atoms with Crippen molar-refractivity contribution in [2.24, 2.45) is 0 Å². The molecule has 104 valence electrons. The minimum atomic E-state index is 0.391. The highest BCUT2D eigenvalue weighted by Gasteiger charge is 2.22. The van der Waals surface area contributed by atoms with Crippen LogP contribution in [0.3, 0.4) is 0 Å². The van der Waals surface area contributed by atoms with Gasteiger partial charge in [0.05, 0.1) is 13.2 Å². The Morgan fingerprint density at radius 1 is 1.05 bits per heavy atom. The van der Waals surface area contributed by atoms with Gasteiger partial charge in [-0.1, -0.05) is 12.1 Å². The van der Waals surface area contributed by atoms with Crippen LogP contribution in [-0.4, -0.2) is 7.11 Å². The number of anilines is 1. The zero-order valence-corrected chi connectivity index (χ0v) is 12.4. The third-order valence-electron chi connectivity index (χ3n) is 4.28. The van der Waals surface area contributed by atoms with Gasteiger partial charge in [0.25, 0.3) is 0 Å². The fourth-order valence-corrected chi connectivity index (χ4v) is 2.89. The van der Waals surface area contributed by atoms with Crippen LogP contribution >= 0.6 is 0 Å². The average Bonchev–Trinajstić information content (AvgIpc) is 2.85. The molecule has 0 saturated heterocycles. The van der Waals surface area contributed by atoms with Crippen LogP contribution in [0.1, 0.15) is 34.7 Å². The van der Waals surface area contributed by atoms with Crippen LogP contribution in [-0.2, 0) is 6.42 Å². The largest absolute Gasteiger partial charge is 0.497 e. The highest BCUT2D eigenvalue weighted by molar-refractivity contribution is 5.52. The van der Waals surface area contributed by atoms with E-state index in [1.54, 1.807) is 7.11 Å². The Morgan fingerprint density at radius 2 is 1.90 bits per heavy atom. The van der Waals surface area contributed by atoms with E-state index < -0.39 is 0 Å². The molecule has 2 aromatic rings. The molecule has 1 aliphatic rings. The standard InChI is InChI=1S/C18H21NO/c1-12-4-7-15(10-13(12)2)19-18-9-6-14-5-8-16(20-3)11-17(14)18/h4-5,7-8,10-11,18-19H,6,9H2,1-3H3. The molecule has 0 bridgehead atoms. The third-order valence-corrected chi connectivity index (χ3v) is 4.28. The zero-order chi connectivity index (χ0) is 14.1. The Hall–Kier alpha value is -1.96. The summed E-state index contributed by atoms with van der Waals surface area (Å²) in [5.41, 5.74) is 6.69. The summed E-state index contributed by atoms with van der Waals surface area (Å²) in [7, 11) is 1.72. The van der Waals surface area contributed by atoms with E-state index in [2.05, 4.69) is 55.6 Å². The van der Waals surface area contributed by atoms with Gasteiger partial charge in [-0.05, 0) is 73.2 Å². The van der Waals surface area contributed by atoms with E-state index in [9.17, 15) is 0 Å². The van der Waals surface area contributed by atoms with Crippen LogP contribution in [0.5, 0.6) is 5.75 Å². The van der Waals surface area contributed by atoms with E-state index in [4.69, 9.17) is 4.74 Å². The van der Waals surface area contributed by atoms with Crippen molar-refractivity contribution in [1.29, 1.82) is 0 Å². The van der Waals surface area contributed by atoms with Crippen molar-refractivity contribution in [3.63, 3.8) is 0 Å². The van der Waals surface area contributed by atoms with Crippen molar-refractivity contribution < 1.29 is 4.74 Å². The van der Waals surface area contributed by atoms with Crippen molar-refractivity contribution >= 4 is 5.69 Å². The van der Waals surface area contributed by atoms with Crippen molar-refractivity contribution in [1.82, 2.24) is 0 Å². The molecule has 0 amide bonds. The number of ether oxygens (including phenoxy) is 1. The maximum atomic E-state index is 5.35. The molecular weight excluding hydrogens is 246 g/mol. The molecule has 0 aromatic heterocycles. The van der Waals surface area contributed by atoms with Crippen molar-refractivity contribution in [3.05, 3.63) is 58.7 Å². The van der Waals surface area contributed by atoms with Gasteiger partial charge in [-0.15, -0.1) is 0 Å². The molecule has 3 rings (SSSR count). The quantitative estimate of drug-likeness (QED) is 0.889. The summed E-state index contributed by atoms with van der Waals surface area (Å²) >= 11 is 0. The molecule has 2 nitrogen and oxygen atoms in total. The Labute approximate surface area is 120 Å². The molecule has 0 fully saturated rings. The van der Waals surface area contributed by atoms with Gasteiger partial charge in [-0.3, -0.25) is 0 Å². The molecule has 0 spiro atoms. The van der Waals surface area contributed by atoms with E-state index in [-0.39, 0.29) is 0 Å². The van der Waals surface area contributed by atoms with Gasteiger partial charge in [0.15, 0.2) is 0 Å². The predicted molar refractivity (Wildman–Crippen MR) is 83.6 cm³/mol. The first-order valence-corrected chi connectivity index (χ1v) is 7.18. The number of rotatable bonds is 3. The average molecular weight is 267 g/mol. The van der Waals surface area contributed by atoms with Gasteiger partial charge in [0.2, 0.25) is 0 Å². The van der Waals surface area contributed by atoms with Gasteiger partial charge >= 0.3 is 0 Å². The molecule has 2 heteroatoms. The van der Waals surface area contributed by atoms with E-state index in [1.807, 2.05) is 0 Å². The second-order valence-corrected chi connectivity index (χ2v) is 5.60. The van der Waals surface area contributed by atoms with Crippen molar-refractivity contribution in [2.75, 3.05) is 12.4 Å². The predicted octanol–water partition coefficient (Wildman–Crippen LogP) is 4.41. The SMILES string of the molecule is COc1ccc2c(c1)C(Nc1ccc(C)c(C)c1)CC2. The van der Waals surface area contributed by atoms with Gasteiger partial charge < -0.3 is 10.1 Å². The Kier molecular flexibility index (Phi) is 3.39. The number of hydrogen-bond donors (Lipinski definition) is 1. The lowest BCUT2D eigenvalue weighted by atomic mass is 10.1. The minimum absolute atomic E-state index is 0.391. The van der Waals surface area contributed by atoms with Gasteiger partial charge in [0.1, 0.15) is 5.75 Å². The molecule has 0 radical (unpaired) electrons. The molecule has 1 aliphatic carbocycles. The van der Waals surface area contributed by atoms with Crippen LogP contribution < -0.4 is 10.1 Å². The summed E-state index contributed by atoms with van der Waals surface area (Å²) in [6.07, 6.45) is 2.29. The first-order chi connectivity index (χ1) is 9.67. The number of benzene rings is 2. The Morgan fingerprint density at radius 3 is 2.65 bits per heavy atom. The summed E-state index contributed by atoms with van der Waals surface area (Å²) in [5.74, 6) is 0.942. The van der Waals surface area contributed by atoms with Crippen LogP contribution in [0, 0.1) is 13.8 Å². The molecule has 1 unspecified atom stereocenters. The first-order valence-electron chi connectivity index (χ1n) is 7.18. The number of fused-ring (bicyclic) bond motifs is 1. The number of methoxy groups -OCH3 is 1. The Balaban J connectivity index is 1.85. The highest BCUT2D eigenvalue weighted by Crippen LogP contribution is 2.36. The monoisotopic (exact) mass is 267 g/mol. The fraction of sp³-hybridized carbons (Fsp3) is 0.333. The molecule has 2 aromatic carbocycles. The molecular formula is C18H21NO. The smallest absolute Gasteiger partial charge is 0.119 e. The normalized spacial score (nSPS) is 16.9. The topological polar surface area (TPSA) is 21.3 Å². The van der Waals surface area contributed by atoms with E-state index >= 15 is 0 Å². The van der Waals surface area contributed by atoms with Crippen LogP contribution in [0.2, 0.25) is 0 Å². The molecule has 0 aliphatic heterocycles. The van der Waals surface area contributed by atoms with E-state index in [1.165, 1.54) is 27.9 Å². The van der Waals surface area contributed by atoms with Gasteiger partial charge in [0, 0.05) is 5.69 Å². The Bertz CT molecular complexity index is 633. The van der Waals surface area contributed by atoms with Gasteiger partial charge in [-0.2, -0.15) is 0 Å². The summed E-state index contributed by atoms with van der Waals surface area (Å²) in [5, 5.41) is 3.66. The van der Waals surface area contributed by atoms with E-state index in [0.717, 1.165) is 18.6 Å². The lowest BCUT2D eigenvalue weighted by molar-refractivity contribution is 0.414. The lowest BCUT2D eigenvalue weighted by Gasteiger charge is -2.17. The highest BCUT2D eigenvalue weighted by atomic mass is 16.5. The van der Waals surface area contributed by atoms with Crippen LogP contribution in [0.4, 0.5) is 5.69 Å². The molecule has 20 heavy (non-hydrogen) atoms. The second-order valence-electron chi connectivity index (χ2n) is 5.60. The lowest BCUT2D eigenvalue weighted by Crippen LogP contribution is -2.07. The number of nitrogens with one attached hydrogen (secondary N) is 1. The number of hydrogen-bond acceptors (Lipinski definition) is 2. The van der Waals surface area contributed by atoms with Gasteiger partial charge in [-0.25, -0.2) is 0 Å². The van der Waals surface area contributed by atoms with Crippen LogP contribution in [0.25, 0.3) is 0 Å². The zero-order valence-electron chi connectivity index (χ0n) is 12.4. The minimum Gasteiger partial charge on any atom is -0.497 e. The van der Waals surface area contributed by atoms with Crippen molar-refractivity contribution in [3.8, 4) is 5.75 Å². The molecule has 0 saturated carbocycles. The first kappa shape index (κ1) is 13.0. The summed E-state index contributed by atoms with van der Waals surface area (Å²) in [4.78, 5) is 0. The maximum Gasteiger partial charge on any atom is 0.119 e. The third kappa shape index (κ3) is 2.38. The second kappa shape index (κ2) is 5.20. The summed E-state index contributed by atoms with van der Waals surface area (Å²) in [6, 6.07) is 13.4. The molecule has 0 heterocycles. The van der Waals surface area contributed by atoms with Crippen molar-refractivity contribution in [2.45, 2.75) is 32.7 Å². The molecule has 1 N–H and O–H groups in total. The summed E-state index contributed by atoms with van der Waals surface area (Å²) < 4.78 is 5.35. The molecule has 1 atom stereocenters. The maximum absolute atomic E-state index is 5.35. The number of aryl methyl sites for hydroxylation is 3. The summed E-state index contributed by atoms with van der Waals surface area (Å²) in [6.45, 7) is 4.31.